The van der Waals surface area contributed by atoms with E-state index < -0.39 is 0 Å². The highest BCUT2D eigenvalue weighted by Crippen LogP contribution is 2.14. The Balaban J connectivity index is 1.99. The zero-order valence-electron chi connectivity index (χ0n) is 10.3. The maximum Gasteiger partial charge on any atom is 0.0446 e. The third-order valence-electron chi connectivity index (χ3n) is 3.32. The first-order chi connectivity index (χ1) is 8.29. The van der Waals surface area contributed by atoms with Crippen LogP contribution in [-0.2, 0) is 6.54 Å². The van der Waals surface area contributed by atoms with Gasteiger partial charge in [-0.3, -0.25) is 9.88 Å². The van der Waals surface area contributed by atoms with Gasteiger partial charge in [-0.15, -0.1) is 0 Å². The summed E-state index contributed by atoms with van der Waals surface area (Å²) < 4.78 is 0. The monoisotopic (exact) mass is 235 g/mol. The zero-order chi connectivity index (χ0) is 12.1. The Kier molecular flexibility index (Phi) is 4.48. The smallest absolute Gasteiger partial charge is 0.0446 e. The number of pyridine rings is 1. The first-order valence-corrected chi connectivity index (χ1v) is 6.27. The Morgan fingerprint density at radius 3 is 2.94 bits per heavy atom. The second-order valence-electron chi connectivity index (χ2n) is 4.76. The molecular weight excluding hydrogens is 214 g/mol. The van der Waals surface area contributed by atoms with Crippen LogP contribution < -0.4 is 5.32 Å². The number of hydrogen-bond acceptors (Lipinski definition) is 4. The summed E-state index contributed by atoms with van der Waals surface area (Å²) in [7, 11) is 0. The van der Waals surface area contributed by atoms with E-state index in [1.54, 1.807) is 0 Å². The lowest BCUT2D eigenvalue weighted by atomic mass is 10.1. The van der Waals surface area contributed by atoms with Gasteiger partial charge in [0.15, 0.2) is 0 Å². The Bertz CT molecular complexity index is 331. The second-order valence-corrected chi connectivity index (χ2v) is 4.76. The Hall–Kier alpha value is -0.970. The summed E-state index contributed by atoms with van der Waals surface area (Å²) in [6.45, 7) is 5.40. The van der Waals surface area contributed by atoms with Crippen molar-refractivity contribution in [3.05, 3.63) is 30.1 Å². The maximum atomic E-state index is 9.10. The molecule has 0 aromatic carbocycles. The topological polar surface area (TPSA) is 48.4 Å². The Morgan fingerprint density at radius 2 is 2.24 bits per heavy atom. The summed E-state index contributed by atoms with van der Waals surface area (Å²) in [5.41, 5.74) is 1.29. The predicted molar refractivity (Wildman–Crippen MR) is 67.6 cm³/mol. The molecule has 0 spiro atoms. The van der Waals surface area contributed by atoms with Crippen molar-refractivity contribution in [2.45, 2.75) is 32.0 Å². The van der Waals surface area contributed by atoms with Gasteiger partial charge in [0.2, 0.25) is 0 Å². The average molecular weight is 235 g/mol. The predicted octanol–water partition coefficient (Wildman–Crippen LogP) is 0.626. The molecule has 1 aromatic heterocycles. The van der Waals surface area contributed by atoms with E-state index in [0.717, 1.165) is 26.1 Å². The molecule has 1 saturated heterocycles. The van der Waals surface area contributed by atoms with Crippen LogP contribution in [-0.4, -0.2) is 46.8 Å². The van der Waals surface area contributed by atoms with Crippen molar-refractivity contribution in [2.75, 3.05) is 19.7 Å². The molecule has 4 heteroatoms. The van der Waals surface area contributed by atoms with Crippen LogP contribution in [0.5, 0.6) is 0 Å². The van der Waals surface area contributed by atoms with E-state index in [1.807, 2.05) is 12.4 Å². The SMILES string of the molecule is CC1CN(Cc2ccncc2)C(CCO)CN1. The van der Waals surface area contributed by atoms with Crippen LogP contribution in [0.2, 0.25) is 0 Å². The molecule has 0 saturated carbocycles. The van der Waals surface area contributed by atoms with Gasteiger partial charge >= 0.3 is 0 Å². The van der Waals surface area contributed by atoms with E-state index in [-0.39, 0.29) is 6.61 Å². The molecule has 1 fully saturated rings. The van der Waals surface area contributed by atoms with Crippen molar-refractivity contribution >= 4 is 0 Å². The molecule has 0 radical (unpaired) electrons. The minimum absolute atomic E-state index is 0.258. The normalized spacial score (nSPS) is 26.0. The molecule has 1 aliphatic heterocycles. The fourth-order valence-electron chi connectivity index (χ4n) is 2.38. The van der Waals surface area contributed by atoms with Crippen molar-refractivity contribution in [1.82, 2.24) is 15.2 Å². The lowest BCUT2D eigenvalue weighted by Gasteiger charge is -2.39. The molecule has 4 nitrogen and oxygen atoms in total. The molecule has 0 aliphatic carbocycles. The number of aromatic nitrogens is 1. The van der Waals surface area contributed by atoms with Crippen LogP contribution in [0.4, 0.5) is 0 Å². The van der Waals surface area contributed by atoms with E-state index >= 15 is 0 Å². The van der Waals surface area contributed by atoms with E-state index in [4.69, 9.17) is 5.11 Å². The lowest BCUT2D eigenvalue weighted by Crippen LogP contribution is -2.55. The number of hydrogen-bond donors (Lipinski definition) is 2. The molecular formula is C13H21N3O. The number of rotatable bonds is 4. The van der Waals surface area contributed by atoms with Crippen LogP contribution >= 0.6 is 0 Å². The largest absolute Gasteiger partial charge is 0.396 e. The van der Waals surface area contributed by atoms with Gasteiger partial charge in [-0.2, -0.15) is 0 Å². The molecule has 1 aliphatic rings. The van der Waals surface area contributed by atoms with Gasteiger partial charge < -0.3 is 10.4 Å². The highest BCUT2D eigenvalue weighted by molar-refractivity contribution is 5.10. The average Bonchev–Trinajstić information content (AvgIpc) is 2.34. The fourth-order valence-corrected chi connectivity index (χ4v) is 2.38. The molecule has 2 unspecified atom stereocenters. The van der Waals surface area contributed by atoms with Crippen molar-refractivity contribution in [2.24, 2.45) is 0 Å². The number of piperazine rings is 1. The van der Waals surface area contributed by atoms with Gasteiger partial charge in [0.1, 0.15) is 0 Å². The Morgan fingerprint density at radius 1 is 1.47 bits per heavy atom. The summed E-state index contributed by atoms with van der Waals surface area (Å²) in [5.74, 6) is 0. The maximum absolute atomic E-state index is 9.10. The summed E-state index contributed by atoms with van der Waals surface area (Å²) in [4.78, 5) is 6.49. The fraction of sp³-hybridized carbons (Fsp3) is 0.615. The summed E-state index contributed by atoms with van der Waals surface area (Å²) in [6.07, 6.45) is 4.51. The zero-order valence-corrected chi connectivity index (χ0v) is 10.3. The minimum atomic E-state index is 0.258. The van der Waals surface area contributed by atoms with E-state index in [2.05, 4.69) is 34.3 Å². The summed E-state index contributed by atoms with van der Waals surface area (Å²) in [6, 6.07) is 5.07. The Labute approximate surface area is 103 Å². The highest BCUT2D eigenvalue weighted by Gasteiger charge is 2.25. The summed E-state index contributed by atoms with van der Waals surface area (Å²) >= 11 is 0. The molecule has 2 atom stereocenters. The van der Waals surface area contributed by atoms with Crippen LogP contribution in [0, 0.1) is 0 Å². The van der Waals surface area contributed by atoms with E-state index in [1.165, 1.54) is 5.56 Å². The van der Waals surface area contributed by atoms with Gasteiger partial charge in [0, 0.05) is 50.7 Å². The van der Waals surface area contributed by atoms with Gasteiger partial charge in [-0.1, -0.05) is 0 Å². The van der Waals surface area contributed by atoms with Gasteiger partial charge in [0.25, 0.3) is 0 Å². The molecule has 17 heavy (non-hydrogen) atoms. The standard InChI is InChI=1S/C13H21N3O/c1-11-9-16(13(4-7-17)8-15-11)10-12-2-5-14-6-3-12/h2-3,5-6,11,13,15,17H,4,7-10H2,1H3. The number of aliphatic hydroxyl groups is 1. The molecule has 1 aromatic rings. The molecule has 2 N–H and O–H groups in total. The van der Waals surface area contributed by atoms with Gasteiger partial charge in [-0.05, 0) is 31.0 Å². The highest BCUT2D eigenvalue weighted by atomic mass is 16.3. The molecule has 0 bridgehead atoms. The molecule has 2 rings (SSSR count). The summed E-state index contributed by atoms with van der Waals surface area (Å²) in [5, 5.41) is 12.6. The molecule has 94 valence electrons. The first-order valence-electron chi connectivity index (χ1n) is 6.27. The van der Waals surface area contributed by atoms with E-state index in [9.17, 15) is 0 Å². The number of aliphatic hydroxyl groups excluding tert-OH is 1. The first kappa shape index (κ1) is 12.5. The quantitative estimate of drug-likeness (QED) is 0.803. The van der Waals surface area contributed by atoms with Crippen LogP contribution in [0.15, 0.2) is 24.5 Å². The third-order valence-corrected chi connectivity index (χ3v) is 3.32. The van der Waals surface area contributed by atoms with E-state index in [0.29, 0.717) is 12.1 Å². The van der Waals surface area contributed by atoms with Crippen LogP contribution in [0.25, 0.3) is 0 Å². The third kappa shape index (κ3) is 3.49. The molecule has 2 heterocycles. The van der Waals surface area contributed by atoms with Crippen molar-refractivity contribution < 1.29 is 5.11 Å². The second kappa shape index (κ2) is 6.10. The van der Waals surface area contributed by atoms with Gasteiger partial charge in [-0.25, -0.2) is 0 Å². The lowest BCUT2D eigenvalue weighted by molar-refractivity contribution is 0.104. The van der Waals surface area contributed by atoms with Crippen molar-refractivity contribution in [1.29, 1.82) is 0 Å². The van der Waals surface area contributed by atoms with Crippen molar-refractivity contribution in [3.63, 3.8) is 0 Å². The van der Waals surface area contributed by atoms with Crippen LogP contribution in [0.1, 0.15) is 18.9 Å². The van der Waals surface area contributed by atoms with Crippen molar-refractivity contribution in [3.8, 4) is 0 Å². The van der Waals surface area contributed by atoms with Crippen LogP contribution in [0.3, 0.4) is 0 Å². The number of nitrogens with one attached hydrogen (secondary N) is 1. The minimum Gasteiger partial charge on any atom is -0.396 e. The van der Waals surface area contributed by atoms with Gasteiger partial charge in [0.05, 0.1) is 0 Å². The number of nitrogens with zero attached hydrogens (tertiary/aromatic N) is 2. The molecule has 0 amide bonds.